The monoisotopic (exact) mass is 262 g/mol. The first kappa shape index (κ1) is 9.68. The molecule has 0 N–H and O–H groups in total. The van der Waals surface area contributed by atoms with E-state index < -0.39 is 10.7 Å². The highest BCUT2D eigenvalue weighted by Gasteiger charge is 1.87. The van der Waals surface area contributed by atoms with Gasteiger partial charge in [0.1, 0.15) is 10.7 Å². The number of hydrogen-bond acceptors (Lipinski definition) is 2. The molecule has 0 unspecified atom stereocenters. The Labute approximate surface area is 71.1 Å². The second kappa shape index (κ2) is 6.80. The van der Waals surface area contributed by atoms with Gasteiger partial charge in [0, 0.05) is 5.75 Å². The van der Waals surface area contributed by atoms with Crippen LogP contribution in [-0.4, -0.2) is 18.6 Å². The van der Waals surface area contributed by atoms with Crippen molar-refractivity contribution in [1.29, 1.82) is 0 Å². The van der Waals surface area contributed by atoms with Crippen molar-refractivity contribution in [1.82, 2.24) is 0 Å². The smallest absolute Gasteiger partial charge is 0.140 e. The number of alkyl halides is 1. The van der Waals surface area contributed by atoms with Crippen LogP contribution in [0, 0.1) is 0 Å². The molecular formula is C5H11IO2S. The summed E-state index contributed by atoms with van der Waals surface area (Å²) in [5.41, 5.74) is 0. The third kappa shape index (κ3) is 8.68. The zero-order valence-electron chi connectivity index (χ0n) is 5.18. The maximum atomic E-state index is 10.00. The summed E-state index contributed by atoms with van der Waals surface area (Å²) >= 11 is 2.29. The molecule has 0 fully saturated rings. The van der Waals surface area contributed by atoms with E-state index in [9.17, 15) is 8.42 Å². The number of thiol groups is 1. The fourth-order valence-electron chi connectivity index (χ4n) is 0.512. The van der Waals surface area contributed by atoms with E-state index in [2.05, 4.69) is 22.6 Å². The average Bonchev–Trinajstić information content (AvgIpc) is 1.80. The molecule has 0 saturated carbocycles. The van der Waals surface area contributed by atoms with Crippen molar-refractivity contribution in [2.24, 2.45) is 0 Å². The second-order valence-electron chi connectivity index (χ2n) is 1.81. The third-order valence-electron chi connectivity index (χ3n) is 0.974. The van der Waals surface area contributed by atoms with Gasteiger partial charge in [0.2, 0.25) is 0 Å². The van der Waals surface area contributed by atoms with Crippen molar-refractivity contribution in [3.05, 3.63) is 0 Å². The molecule has 0 atom stereocenters. The minimum atomic E-state index is -2.12. The molecule has 0 aliphatic carbocycles. The number of hydrogen-bond donors (Lipinski definition) is 1. The van der Waals surface area contributed by atoms with E-state index in [1.807, 2.05) is 0 Å². The predicted molar refractivity (Wildman–Crippen MR) is 47.9 cm³/mol. The van der Waals surface area contributed by atoms with Crippen LogP contribution in [-0.2, 0) is 10.7 Å². The van der Waals surface area contributed by atoms with Crippen LogP contribution in [0.5, 0.6) is 0 Å². The van der Waals surface area contributed by atoms with Gasteiger partial charge in [0.15, 0.2) is 0 Å². The number of rotatable bonds is 5. The van der Waals surface area contributed by atoms with E-state index in [-0.39, 0.29) is 0 Å². The molecule has 0 aliphatic rings. The number of unbranched alkanes of at least 4 members (excludes halogenated alkanes) is 2. The first-order chi connectivity index (χ1) is 4.27. The van der Waals surface area contributed by atoms with Crippen LogP contribution in [0.25, 0.3) is 0 Å². The highest BCUT2D eigenvalue weighted by molar-refractivity contribution is 14.1. The lowest BCUT2D eigenvalue weighted by Crippen LogP contribution is -1.87. The second-order valence-corrected chi connectivity index (χ2v) is 4.00. The molecule has 0 radical (unpaired) electrons. The molecule has 0 aliphatic heterocycles. The Morgan fingerprint density at radius 1 is 1.11 bits per heavy atom. The lowest BCUT2D eigenvalue weighted by Gasteiger charge is -1.90. The Hall–Kier alpha value is 0.680. The predicted octanol–water partition coefficient (Wildman–Crippen LogP) is 1.20. The van der Waals surface area contributed by atoms with E-state index in [4.69, 9.17) is 0 Å². The van der Waals surface area contributed by atoms with Gasteiger partial charge < -0.3 is 0 Å². The molecule has 0 amide bonds. The zero-order chi connectivity index (χ0) is 7.11. The first-order valence-electron chi connectivity index (χ1n) is 2.95. The molecule has 4 heteroatoms. The standard InChI is InChI=1S/C5H11IO2S/c6-4-2-1-3-5-9(7)8/h9H,1-5H2. The van der Waals surface area contributed by atoms with E-state index >= 15 is 0 Å². The van der Waals surface area contributed by atoms with E-state index in [1.165, 1.54) is 0 Å². The molecule has 0 aromatic rings. The molecule has 0 heterocycles. The largest absolute Gasteiger partial charge is 0.232 e. The van der Waals surface area contributed by atoms with Gasteiger partial charge in [-0.25, -0.2) is 8.42 Å². The molecule has 9 heavy (non-hydrogen) atoms. The van der Waals surface area contributed by atoms with Gasteiger partial charge in [-0.05, 0) is 17.3 Å². The Morgan fingerprint density at radius 3 is 2.22 bits per heavy atom. The summed E-state index contributed by atoms with van der Waals surface area (Å²) in [4.78, 5) is 0. The summed E-state index contributed by atoms with van der Waals surface area (Å²) in [6.45, 7) is 0. The normalized spacial score (nSPS) is 10.4. The molecular weight excluding hydrogens is 251 g/mol. The van der Waals surface area contributed by atoms with Gasteiger partial charge >= 0.3 is 0 Å². The van der Waals surface area contributed by atoms with Gasteiger partial charge in [0.05, 0.1) is 0 Å². The summed E-state index contributed by atoms with van der Waals surface area (Å²) in [7, 11) is -2.12. The Morgan fingerprint density at radius 2 is 1.78 bits per heavy atom. The molecule has 0 aromatic heterocycles. The lowest BCUT2D eigenvalue weighted by atomic mass is 10.3. The first-order valence-corrected chi connectivity index (χ1v) is 5.84. The summed E-state index contributed by atoms with van der Waals surface area (Å²) in [6, 6.07) is 0. The average molecular weight is 262 g/mol. The molecule has 56 valence electrons. The summed E-state index contributed by atoms with van der Waals surface area (Å²) in [5, 5.41) is 0. The third-order valence-corrected chi connectivity index (χ3v) is 2.42. The van der Waals surface area contributed by atoms with Gasteiger partial charge in [-0.1, -0.05) is 29.0 Å². The highest BCUT2D eigenvalue weighted by Crippen LogP contribution is 1.97. The maximum absolute atomic E-state index is 10.00. The SMILES string of the molecule is O=[SH](=O)CCCCCI. The van der Waals surface area contributed by atoms with Crippen LogP contribution in [0.2, 0.25) is 0 Å². The van der Waals surface area contributed by atoms with Crippen LogP contribution < -0.4 is 0 Å². The lowest BCUT2D eigenvalue weighted by molar-refractivity contribution is 0.610. The van der Waals surface area contributed by atoms with Gasteiger partial charge in [-0.15, -0.1) is 0 Å². The van der Waals surface area contributed by atoms with Crippen LogP contribution >= 0.6 is 22.6 Å². The molecule has 0 rings (SSSR count). The minimum absolute atomic E-state index is 0.367. The van der Waals surface area contributed by atoms with Gasteiger partial charge in [0.25, 0.3) is 0 Å². The van der Waals surface area contributed by atoms with E-state index in [0.29, 0.717) is 5.75 Å². The fraction of sp³-hybridized carbons (Fsp3) is 1.00. The van der Waals surface area contributed by atoms with Crippen molar-refractivity contribution in [2.75, 3.05) is 10.2 Å². The fourth-order valence-corrected chi connectivity index (χ4v) is 1.53. The van der Waals surface area contributed by atoms with Crippen LogP contribution in [0.1, 0.15) is 19.3 Å². The quantitative estimate of drug-likeness (QED) is 0.349. The van der Waals surface area contributed by atoms with Crippen molar-refractivity contribution >= 4 is 33.3 Å². The molecule has 0 aromatic carbocycles. The van der Waals surface area contributed by atoms with Crippen LogP contribution in [0.4, 0.5) is 0 Å². The Balaban J connectivity index is 2.92. The highest BCUT2D eigenvalue weighted by atomic mass is 127. The van der Waals surface area contributed by atoms with Crippen molar-refractivity contribution in [2.45, 2.75) is 19.3 Å². The Kier molecular flexibility index (Phi) is 7.31. The zero-order valence-corrected chi connectivity index (χ0v) is 8.23. The molecule has 0 spiro atoms. The van der Waals surface area contributed by atoms with Crippen LogP contribution in [0.15, 0.2) is 0 Å². The number of halogens is 1. The van der Waals surface area contributed by atoms with Gasteiger partial charge in [-0.3, -0.25) is 0 Å². The summed E-state index contributed by atoms with van der Waals surface area (Å²) in [6.07, 6.45) is 3.03. The Bertz CT molecular complexity index is 114. The van der Waals surface area contributed by atoms with E-state index in [1.54, 1.807) is 0 Å². The molecule has 0 saturated heterocycles. The molecule has 2 nitrogen and oxygen atoms in total. The topological polar surface area (TPSA) is 34.1 Å². The van der Waals surface area contributed by atoms with Crippen molar-refractivity contribution in [3.63, 3.8) is 0 Å². The maximum Gasteiger partial charge on any atom is 0.140 e. The van der Waals surface area contributed by atoms with Crippen LogP contribution in [0.3, 0.4) is 0 Å². The summed E-state index contributed by atoms with van der Waals surface area (Å²) in [5.74, 6) is 0.367. The summed E-state index contributed by atoms with van der Waals surface area (Å²) < 4.78 is 21.1. The molecule has 0 bridgehead atoms. The van der Waals surface area contributed by atoms with Crippen molar-refractivity contribution in [3.8, 4) is 0 Å². The minimum Gasteiger partial charge on any atom is -0.232 e. The van der Waals surface area contributed by atoms with Gasteiger partial charge in [-0.2, -0.15) is 0 Å². The van der Waals surface area contributed by atoms with E-state index in [0.717, 1.165) is 23.7 Å². The van der Waals surface area contributed by atoms with Crippen molar-refractivity contribution < 1.29 is 8.42 Å².